The van der Waals surface area contributed by atoms with Crippen molar-refractivity contribution in [3.63, 3.8) is 0 Å². The number of nitrogens with one attached hydrogen (secondary N) is 1. The van der Waals surface area contributed by atoms with Gasteiger partial charge in [-0.3, -0.25) is 19.6 Å². The van der Waals surface area contributed by atoms with Crippen LogP contribution in [0.25, 0.3) is 16.8 Å². The third-order valence-electron chi connectivity index (χ3n) is 7.60. The highest BCUT2D eigenvalue weighted by Crippen LogP contribution is 2.39. The summed E-state index contributed by atoms with van der Waals surface area (Å²) in [5.41, 5.74) is 4.05. The fourth-order valence-electron chi connectivity index (χ4n) is 5.65. The van der Waals surface area contributed by atoms with E-state index in [1.165, 1.54) is 33.0 Å². The number of anilines is 1. The normalized spacial score (nSPS) is 21.8. The number of nitrogens with zero attached hydrogens (tertiary/aromatic N) is 5. The summed E-state index contributed by atoms with van der Waals surface area (Å²) in [6, 6.07) is 6.12. The Morgan fingerprint density at radius 3 is 2.57 bits per heavy atom. The molecule has 5 rings (SSSR count). The molecule has 0 bridgehead atoms. The number of aromatic nitrogens is 3. The number of ether oxygens (including phenoxy) is 1. The van der Waals surface area contributed by atoms with E-state index in [1.807, 2.05) is 31.5 Å². The van der Waals surface area contributed by atoms with Crippen molar-refractivity contribution in [2.24, 2.45) is 0 Å². The highest BCUT2D eigenvalue weighted by Gasteiger charge is 2.31. The van der Waals surface area contributed by atoms with Gasteiger partial charge in [0, 0.05) is 56.1 Å². The molecule has 2 fully saturated rings. The molecule has 2 aromatic heterocycles. The number of likely N-dealkylation sites (N-methyl/N-ethyl adjacent to an activating group) is 1. The third-order valence-corrected chi connectivity index (χ3v) is 7.60. The van der Waals surface area contributed by atoms with Crippen molar-refractivity contribution in [3.05, 3.63) is 42.1 Å². The summed E-state index contributed by atoms with van der Waals surface area (Å²) in [4.78, 5) is 25.9. The first-order valence-electron chi connectivity index (χ1n) is 12.4. The van der Waals surface area contributed by atoms with Crippen LogP contribution in [0, 0.1) is 6.92 Å². The molecule has 2 aliphatic rings. The maximum atomic E-state index is 11.1. The van der Waals surface area contributed by atoms with Gasteiger partial charge in [-0.25, -0.2) is 9.78 Å². The largest absolute Gasteiger partial charge is 0.495 e. The Kier molecular flexibility index (Phi) is 6.62. The minimum absolute atomic E-state index is 0.400. The van der Waals surface area contributed by atoms with Crippen molar-refractivity contribution in [2.45, 2.75) is 44.6 Å². The Morgan fingerprint density at radius 1 is 1.14 bits per heavy atom. The fraction of sp³-hybridized carbons (Fsp3) is 0.500. The first-order valence-corrected chi connectivity index (χ1v) is 12.4. The van der Waals surface area contributed by atoms with Crippen molar-refractivity contribution < 1.29 is 14.6 Å². The molecule has 1 aliphatic heterocycles. The molecular formula is C26H34N6O3. The van der Waals surface area contributed by atoms with Gasteiger partial charge in [-0.1, -0.05) is 6.07 Å². The van der Waals surface area contributed by atoms with Gasteiger partial charge in [0.25, 0.3) is 0 Å². The van der Waals surface area contributed by atoms with Crippen molar-refractivity contribution >= 4 is 17.3 Å². The lowest BCUT2D eigenvalue weighted by Gasteiger charge is -2.41. The number of aryl methyl sites for hydroxylation is 1. The average Bonchev–Trinajstić information content (AvgIpc) is 3.26. The van der Waals surface area contributed by atoms with Crippen molar-refractivity contribution in [1.29, 1.82) is 0 Å². The van der Waals surface area contributed by atoms with E-state index >= 15 is 0 Å². The van der Waals surface area contributed by atoms with Gasteiger partial charge in [0.15, 0.2) is 0 Å². The van der Waals surface area contributed by atoms with Gasteiger partial charge < -0.3 is 14.7 Å². The van der Waals surface area contributed by atoms with Gasteiger partial charge in [0.1, 0.15) is 11.6 Å². The summed E-state index contributed by atoms with van der Waals surface area (Å²) >= 11 is 0. The number of piperazine rings is 1. The van der Waals surface area contributed by atoms with E-state index in [0.29, 0.717) is 23.4 Å². The summed E-state index contributed by atoms with van der Waals surface area (Å²) < 4.78 is 7.67. The summed E-state index contributed by atoms with van der Waals surface area (Å²) in [5, 5.41) is 11.5. The smallest absolute Gasteiger partial charge is 0.409 e. The van der Waals surface area contributed by atoms with Crippen LogP contribution in [0.1, 0.15) is 43.1 Å². The molecule has 9 heteroatoms. The lowest BCUT2D eigenvalue weighted by Crippen LogP contribution is -2.49. The molecular weight excluding hydrogens is 444 g/mol. The molecule has 1 amide bonds. The number of amides is 1. The van der Waals surface area contributed by atoms with Crippen LogP contribution in [0.5, 0.6) is 5.75 Å². The highest BCUT2D eigenvalue weighted by atomic mass is 16.5. The quantitative estimate of drug-likeness (QED) is 0.571. The van der Waals surface area contributed by atoms with E-state index < -0.39 is 6.09 Å². The Morgan fingerprint density at radius 2 is 1.89 bits per heavy atom. The summed E-state index contributed by atoms with van der Waals surface area (Å²) in [6.45, 7) is 6.66. The minimum Gasteiger partial charge on any atom is -0.495 e. The molecule has 0 spiro atoms. The highest BCUT2D eigenvalue weighted by molar-refractivity contribution is 5.88. The zero-order chi connectivity index (χ0) is 24.5. The average molecular weight is 479 g/mol. The standard InChI is InChI=1S/C26H34N6O3/c1-17-24-23(19-6-9-21(28-26(33)34)22(16-19)35-3)29-25(32(24)11-10-27-17)18-4-7-20(8-5-18)31-14-12-30(2)13-15-31/h6,9-11,16,18,20,28H,4-5,7-8,12-15H2,1-3H3,(H,33,34)/t18-,20-. The topological polar surface area (TPSA) is 95.2 Å². The van der Waals surface area contributed by atoms with Gasteiger partial charge in [-0.15, -0.1) is 0 Å². The van der Waals surface area contributed by atoms with Crippen LogP contribution < -0.4 is 10.1 Å². The van der Waals surface area contributed by atoms with E-state index in [9.17, 15) is 4.79 Å². The van der Waals surface area contributed by atoms with Crippen LogP contribution in [0.15, 0.2) is 30.6 Å². The first kappa shape index (κ1) is 23.6. The molecule has 0 atom stereocenters. The van der Waals surface area contributed by atoms with E-state index in [0.717, 1.165) is 54.2 Å². The number of rotatable bonds is 5. The number of methoxy groups -OCH3 is 1. The first-order chi connectivity index (χ1) is 16.9. The second-order valence-corrected chi connectivity index (χ2v) is 9.74. The molecule has 186 valence electrons. The zero-order valence-electron chi connectivity index (χ0n) is 20.7. The van der Waals surface area contributed by atoms with Crippen molar-refractivity contribution in [2.75, 3.05) is 45.7 Å². The molecule has 1 aliphatic carbocycles. The molecule has 1 aromatic carbocycles. The summed E-state index contributed by atoms with van der Waals surface area (Å²) in [5.74, 6) is 1.95. The maximum absolute atomic E-state index is 11.1. The number of hydrogen-bond acceptors (Lipinski definition) is 6. The molecule has 2 N–H and O–H groups in total. The lowest BCUT2D eigenvalue weighted by atomic mass is 9.84. The Balaban J connectivity index is 1.44. The van der Waals surface area contributed by atoms with Gasteiger partial charge in [0.2, 0.25) is 0 Å². The van der Waals surface area contributed by atoms with Gasteiger partial charge >= 0.3 is 6.09 Å². The number of fused-ring (bicyclic) bond motifs is 1. The number of carbonyl (C=O) groups is 1. The molecule has 0 unspecified atom stereocenters. The molecule has 35 heavy (non-hydrogen) atoms. The molecule has 3 heterocycles. The summed E-state index contributed by atoms with van der Waals surface area (Å²) in [7, 11) is 3.74. The van der Waals surface area contributed by atoms with Crippen LogP contribution >= 0.6 is 0 Å². The molecule has 0 radical (unpaired) electrons. The van der Waals surface area contributed by atoms with E-state index in [4.69, 9.17) is 14.8 Å². The summed E-state index contributed by atoms with van der Waals surface area (Å²) in [6.07, 6.45) is 7.38. The zero-order valence-corrected chi connectivity index (χ0v) is 20.7. The number of hydrogen-bond donors (Lipinski definition) is 2. The second-order valence-electron chi connectivity index (χ2n) is 9.74. The third kappa shape index (κ3) is 4.70. The monoisotopic (exact) mass is 478 g/mol. The van der Waals surface area contributed by atoms with Gasteiger partial charge in [-0.2, -0.15) is 0 Å². The maximum Gasteiger partial charge on any atom is 0.409 e. The van der Waals surface area contributed by atoms with E-state index in [-0.39, 0.29) is 0 Å². The molecule has 1 saturated carbocycles. The molecule has 9 nitrogen and oxygen atoms in total. The SMILES string of the molecule is COc1cc(-c2nc([C@H]3CC[C@H](N4CCN(C)CC4)CC3)n3ccnc(C)c23)ccc1NC(=O)O. The van der Waals surface area contributed by atoms with Crippen LogP contribution in [0.2, 0.25) is 0 Å². The predicted molar refractivity (Wildman–Crippen MR) is 135 cm³/mol. The Bertz CT molecular complexity index is 1210. The van der Waals surface area contributed by atoms with Crippen LogP contribution in [0.4, 0.5) is 10.5 Å². The predicted octanol–water partition coefficient (Wildman–Crippen LogP) is 4.08. The van der Waals surface area contributed by atoms with Crippen molar-refractivity contribution in [1.82, 2.24) is 24.2 Å². The Labute approximate surface area is 205 Å². The van der Waals surface area contributed by atoms with Crippen molar-refractivity contribution in [3.8, 4) is 17.0 Å². The number of benzene rings is 1. The van der Waals surface area contributed by atoms with Crippen LogP contribution in [-0.4, -0.2) is 81.7 Å². The fourth-order valence-corrected chi connectivity index (χ4v) is 5.65. The van der Waals surface area contributed by atoms with Crippen LogP contribution in [-0.2, 0) is 0 Å². The Hall–Kier alpha value is -3.17. The minimum atomic E-state index is -1.13. The van der Waals surface area contributed by atoms with Gasteiger partial charge in [0.05, 0.1) is 29.7 Å². The lowest BCUT2D eigenvalue weighted by molar-refractivity contribution is 0.0872. The molecule has 1 saturated heterocycles. The number of imidazole rings is 1. The van der Waals surface area contributed by atoms with E-state index in [1.54, 1.807) is 6.07 Å². The molecule has 3 aromatic rings. The van der Waals surface area contributed by atoms with Crippen LogP contribution in [0.3, 0.4) is 0 Å². The second kappa shape index (κ2) is 9.83. The van der Waals surface area contributed by atoms with E-state index in [2.05, 4.69) is 31.5 Å². The number of carboxylic acid groups (broad SMARTS) is 1. The van der Waals surface area contributed by atoms with Gasteiger partial charge in [-0.05, 0) is 51.8 Å².